The number of hydrogen-bond acceptors (Lipinski definition) is 9. The molecule has 0 amide bonds. The van der Waals surface area contributed by atoms with Crippen LogP contribution in [-0.4, -0.2) is 51.5 Å². The number of likely N-dealkylation sites (tertiary alicyclic amines) is 1. The number of nitrogens with zero attached hydrogens (tertiary/aromatic N) is 4. The molecular formula is C23H30N6OS2. The summed E-state index contributed by atoms with van der Waals surface area (Å²) in [6, 6.07) is 4.13. The second-order valence-electron chi connectivity index (χ2n) is 7.89. The molecule has 9 heteroatoms. The average molecular weight is 471 g/mol. The molecular weight excluding hydrogens is 440 g/mol. The summed E-state index contributed by atoms with van der Waals surface area (Å²) in [7, 11) is 2.17. The Bertz CT molecular complexity index is 1040. The number of aldehydes is 1. The molecule has 1 fully saturated rings. The second-order valence-corrected chi connectivity index (χ2v) is 9.95. The third kappa shape index (κ3) is 6.51. The maximum atomic E-state index is 10.6. The van der Waals surface area contributed by atoms with E-state index in [1.54, 1.807) is 23.5 Å². The number of aromatic nitrogens is 3. The van der Waals surface area contributed by atoms with Crippen molar-refractivity contribution in [3.63, 3.8) is 0 Å². The Hall–Kier alpha value is -2.49. The minimum Gasteiger partial charge on any atom is -0.316 e. The molecule has 4 rings (SSSR count). The molecule has 2 N–H and O–H groups in total. The summed E-state index contributed by atoms with van der Waals surface area (Å²) in [6.45, 7) is 7.28. The molecule has 0 spiro atoms. The molecule has 0 radical (unpaired) electrons. The van der Waals surface area contributed by atoms with Gasteiger partial charge in [-0.2, -0.15) is 0 Å². The van der Waals surface area contributed by atoms with Gasteiger partial charge in [-0.3, -0.25) is 4.79 Å². The number of thiazole rings is 2. The highest BCUT2D eigenvalue weighted by molar-refractivity contribution is 7.16. The zero-order valence-corrected chi connectivity index (χ0v) is 20.6. The molecule has 1 aliphatic heterocycles. The fourth-order valence-electron chi connectivity index (χ4n) is 3.55. The fraction of sp³-hybridized carbons (Fsp3) is 0.435. The Kier molecular flexibility index (Phi) is 8.60. The van der Waals surface area contributed by atoms with E-state index in [0.717, 1.165) is 57.8 Å². The SMILES string of the molecule is CCC[C@H]1CC(=N)CCN1C.Cc1nc(C)c(-c2csc(Nc3ccc(C=O)cn3)n2)s1. The molecule has 0 aliphatic carbocycles. The number of rotatable bonds is 6. The molecule has 0 unspecified atom stereocenters. The van der Waals surface area contributed by atoms with Crippen LogP contribution in [0.3, 0.4) is 0 Å². The van der Waals surface area contributed by atoms with Crippen LogP contribution in [-0.2, 0) is 0 Å². The number of piperidine rings is 1. The van der Waals surface area contributed by atoms with Gasteiger partial charge in [0.1, 0.15) is 5.82 Å². The highest BCUT2D eigenvalue weighted by Gasteiger charge is 2.20. The van der Waals surface area contributed by atoms with Gasteiger partial charge in [0.15, 0.2) is 11.4 Å². The van der Waals surface area contributed by atoms with Crippen molar-refractivity contribution in [2.45, 2.75) is 52.5 Å². The Morgan fingerprint density at radius 3 is 2.75 bits per heavy atom. The summed E-state index contributed by atoms with van der Waals surface area (Å²) in [5.74, 6) is 0.665. The van der Waals surface area contributed by atoms with Crippen LogP contribution in [0.4, 0.5) is 10.9 Å². The summed E-state index contributed by atoms with van der Waals surface area (Å²) >= 11 is 3.16. The van der Waals surface area contributed by atoms with E-state index in [1.165, 1.54) is 30.4 Å². The number of aryl methyl sites for hydroxylation is 2. The van der Waals surface area contributed by atoms with Gasteiger partial charge in [-0.25, -0.2) is 15.0 Å². The van der Waals surface area contributed by atoms with Crippen LogP contribution in [0.15, 0.2) is 23.7 Å². The molecule has 0 aromatic carbocycles. The highest BCUT2D eigenvalue weighted by atomic mass is 32.1. The number of anilines is 2. The van der Waals surface area contributed by atoms with E-state index in [0.29, 0.717) is 17.4 Å². The lowest BCUT2D eigenvalue weighted by Gasteiger charge is -2.32. The van der Waals surface area contributed by atoms with Crippen molar-refractivity contribution in [2.24, 2.45) is 0 Å². The number of carbonyl (C=O) groups is 1. The first-order valence-corrected chi connectivity index (χ1v) is 12.4. The van der Waals surface area contributed by atoms with Gasteiger partial charge in [0.2, 0.25) is 0 Å². The first-order chi connectivity index (χ1) is 15.4. The summed E-state index contributed by atoms with van der Waals surface area (Å²) < 4.78 is 0. The predicted octanol–water partition coefficient (Wildman–Crippen LogP) is 5.74. The van der Waals surface area contributed by atoms with E-state index < -0.39 is 0 Å². The van der Waals surface area contributed by atoms with Gasteiger partial charge in [0, 0.05) is 41.9 Å². The van der Waals surface area contributed by atoms with Gasteiger partial charge in [-0.15, -0.1) is 22.7 Å². The number of carbonyl (C=O) groups excluding carboxylic acids is 1. The molecule has 7 nitrogen and oxygen atoms in total. The Balaban J connectivity index is 0.000000222. The largest absolute Gasteiger partial charge is 0.316 e. The Morgan fingerprint density at radius 1 is 1.31 bits per heavy atom. The zero-order chi connectivity index (χ0) is 23.1. The monoisotopic (exact) mass is 470 g/mol. The van der Waals surface area contributed by atoms with Gasteiger partial charge in [0.05, 0.1) is 21.3 Å². The molecule has 1 atom stereocenters. The van der Waals surface area contributed by atoms with Crippen molar-refractivity contribution in [1.82, 2.24) is 19.9 Å². The molecule has 4 heterocycles. The number of pyridine rings is 1. The molecule has 3 aromatic heterocycles. The van der Waals surface area contributed by atoms with Crippen molar-refractivity contribution < 1.29 is 4.79 Å². The fourth-order valence-corrected chi connectivity index (χ4v) is 5.22. The van der Waals surface area contributed by atoms with Crippen LogP contribution in [0.2, 0.25) is 0 Å². The van der Waals surface area contributed by atoms with Crippen LogP contribution in [0, 0.1) is 19.3 Å². The van der Waals surface area contributed by atoms with Crippen molar-refractivity contribution in [3.8, 4) is 10.6 Å². The standard InChI is InChI=1S/C14H12N4OS2.C9H18N2/c1-8-13(21-9(2)16-8)11-7-20-14(17-11)18-12-4-3-10(6-19)5-15-12;1-3-4-9-7-8(10)5-6-11(9)2/h3-7H,1-2H3,(H,15,17,18);9-10H,3-7H2,1-2H3/t;9-/m.0/s1. The van der Waals surface area contributed by atoms with E-state index in [-0.39, 0.29) is 0 Å². The molecule has 170 valence electrons. The lowest BCUT2D eigenvalue weighted by atomic mass is 9.97. The highest BCUT2D eigenvalue weighted by Crippen LogP contribution is 2.32. The summed E-state index contributed by atoms with van der Waals surface area (Å²) in [5.41, 5.74) is 3.43. The van der Waals surface area contributed by atoms with Gasteiger partial charge >= 0.3 is 0 Å². The van der Waals surface area contributed by atoms with Gasteiger partial charge in [-0.1, -0.05) is 13.3 Å². The Morgan fingerprint density at radius 2 is 2.12 bits per heavy atom. The topological polar surface area (TPSA) is 94.9 Å². The number of nitrogens with one attached hydrogen (secondary N) is 2. The summed E-state index contributed by atoms with van der Waals surface area (Å²) in [5, 5.41) is 14.5. The molecule has 32 heavy (non-hydrogen) atoms. The summed E-state index contributed by atoms with van der Waals surface area (Å²) in [4.78, 5) is 27.2. The van der Waals surface area contributed by atoms with E-state index in [4.69, 9.17) is 5.41 Å². The van der Waals surface area contributed by atoms with E-state index >= 15 is 0 Å². The molecule has 1 saturated heterocycles. The van der Waals surface area contributed by atoms with Crippen LogP contribution in [0.5, 0.6) is 0 Å². The maximum absolute atomic E-state index is 10.6. The minimum atomic E-state index is 0.552. The molecule has 3 aromatic rings. The van der Waals surface area contributed by atoms with E-state index in [2.05, 4.69) is 39.1 Å². The molecule has 0 bridgehead atoms. The average Bonchev–Trinajstić information content (AvgIpc) is 3.37. The predicted molar refractivity (Wildman–Crippen MR) is 134 cm³/mol. The number of hydrogen-bond donors (Lipinski definition) is 2. The molecule has 0 saturated carbocycles. The lowest BCUT2D eigenvalue weighted by Crippen LogP contribution is -2.39. The van der Waals surface area contributed by atoms with E-state index in [1.807, 2.05) is 19.2 Å². The van der Waals surface area contributed by atoms with Crippen molar-refractivity contribution in [1.29, 1.82) is 5.41 Å². The summed E-state index contributed by atoms with van der Waals surface area (Å²) in [6.07, 6.45) is 6.77. The van der Waals surface area contributed by atoms with Crippen molar-refractivity contribution in [2.75, 3.05) is 18.9 Å². The second kappa shape index (κ2) is 11.4. The smallest absolute Gasteiger partial charge is 0.188 e. The van der Waals surface area contributed by atoms with Crippen LogP contribution < -0.4 is 5.32 Å². The third-order valence-corrected chi connectivity index (χ3v) is 7.14. The van der Waals surface area contributed by atoms with Gasteiger partial charge < -0.3 is 15.6 Å². The Labute approximate surface area is 197 Å². The minimum absolute atomic E-state index is 0.552. The van der Waals surface area contributed by atoms with E-state index in [9.17, 15) is 4.79 Å². The quantitative estimate of drug-likeness (QED) is 0.446. The van der Waals surface area contributed by atoms with Crippen molar-refractivity contribution >= 4 is 45.6 Å². The third-order valence-electron chi connectivity index (χ3n) is 5.29. The van der Waals surface area contributed by atoms with Gasteiger partial charge in [-0.05, 0) is 45.9 Å². The molecule has 1 aliphatic rings. The first kappa shape index (κ1) is 24.2. The lowest BCUT2D eigenvalue weighted by molar-refractivity contribution is 0.112. The first-order valence-electron chi connectivity index (χ1n) is 10.7. The van der Waals surface area contributed by atoms with Crippen LogP contribution >= 0.6 is 22.7 Å². The van der Waals surface area contributed by atoms with Crippen LogP contribution in [0.1, 0.15) is 53.7 Å². The van der Waals surface area contributed by atoms with Crippen molar-refractivity contribution in [3.05, 3.63) is 40.0 Å². The van der Waals surface area contributed by atoms with Gasteiger partial charge in [0.25, 0.3) is 0 Å². The normalized spacial score (nSPS) is 16.4. The van der Waals surface area contributed by atoms with Crippen LogP contribution in [0.25, 0.3) is 10.6 Å². The zero-order valence-electron chi connectivity index (χ0n) is 19.0. The maximum Gasteiger partial charge on any atom is 0.188 e.